The lowest BCUT2D eigenvalue weighted by molar-refractivity contribution is -0.0505. The molecule has 144 valence electrons. The van der Waals surface area contributed by atoms with Crippen LogP contribution in [0.1, 0.15) is 49.7 Å². The van der Waals surface area contributed by atoms with Gasteiger partial charge in [0, 0.05) is 7.05 Å². The first kappa shape index (κ1) is 18.2. The molecule has 0 amide bonds. The van der Waals surface area contributed by atoms with E-state index in [1.165, 1.54) is 12.6 Å². The predicted molar refractivity (Wildman–Crippen MR) is 97.1 cm³/mol. The Balaban J connectivity index is 1.62. The maximum absolute atomic E-state index is 11.6. The first-order valence-electron chi connectivity index (χ1n) is 9.37. The van der Waals surface area contributed by atoms with Crippen LogP contribution >= 0.6 is 0 Å². The minimum absolute atomic E-state index is 0.192. The van der Waals surface area contributed by atoms with Crippen LogP contribution in [0, 0.1) is 17.3 Å². The SMILES string of the molecule is CNS(=O)(=O)Oc1ccc2c(c1)CC[C@@H]1[C@@H]2CC[C@]2(C)[C@@H](O)[C@H](O)C[C@@H]12. The van der Waals surface area contributed by atoms with Gasteiger partial charge in [0.25, 0.3) is 0 Å². The highest BCUT2D eigenvalue weighted by Gasteiger charge is 2.57. The van der Waals surface area contributed by atoms with Gasteiger partial charge in [0.1, 0.15) is 5.75 Å². The average Bonchev–Trinajstić information content (AvgIpc) is 2.85. The number of benzene rings is 1. The van der Waals surface area contributed by atoms with Crippen LogP contribution in [-0.4, -0.2) is 37.9 Å². The number of aliphatic hydroxyl groups is 2. The summed E-state index contributed by atoms with van der Waals surface area (Å²) in [7, 11) is -2.44. The van der Waals surface area contributed by atoms with E-state index in [4.69, 9.17) is 4.18 Å². The second-order valence-corrected chi connectivity index (χ2v) is 9.79. The van der Waals surface area contributed by atoms with Gasteiger partial charge in [0.05, 0.1) is 12.2 Å². The van der Waals surface area contributed by atoms with Crippen LogP contribution in [0.25, 0.3) is 0 Å². The topological polar surface area (TPSA) is 95.9 Å². The molecule has 26 heavy (non-hydrogen) atoms. The van der Waals surface area contributed by atoms with E-state index >= 15 is 0 Å². The van der Waals surface area contributed by atoms with Crippen LogP contribution < -0.4 is 8.91 Å². The fourth-order valence-corrected chi connectivity index (χ4v) is 6.21. The van der Waals surface area contributed by atoms with Crippen molar-refractivity contribution in [1.82, 2.24) is 4.72 Å². The maximum atomic E-state index is 11.6. The van der Waals surface area contributed by atoms with Gasteiger partial charge in [-0.1, -0.05) is 13.0 Å². The van der Waals surface area contributed by atoms with Gasteiger partial charge in [0.2, 0.25) is 0 Å². The second kappa shape index (κ2) is 6.19. The van der Waals surface area contributed by atoms with E-state index in [0.717, 1.165) is 31.2 Å². The van der Waals surface area contributed by atoms with Crippen molar-refractivity contribution in [2.75, 3.05) is 7.05 Å². The van der Waals surface area contributed by atoms with Gasteiger partial charge in [-0.2, -0.15) is 13.1 Å². The first-order valence-corrected chi connectivity index (χ1v) is 10.8. The Hall–Kier alpha value is -1.15. The Kier molecular flexibility index (Phi) is 4.34. The van der Waals surface area contributed by atoms with Crippen molar-refractivity contribution in [3.05, 3.63) is 29.3 Å². The van der Waals surface area contributed by atoms with Gasteiger partial charge < -0.3 is 14.4 Å². The van der Waals surface area contributed by atoms with Gasteiger partial charge in [-0.05, 0) is 78.5 Å². The van der Waals surface area contributed by atoms with Crippen LogP contribution in [-0.2, 0) is 16.7 Å². The molecule has 0 saturated heterocycles. The molecule has 0 aliphatic heterocycles. The molecule has 0 heterocycles. The fraction of sp³-hybridized carbons (Fsp3) is 0.684. The van der Waals surface area contributed by atoms with Crippen LogP contribution in [0.2, 0.25) is 0 Å². The molecule has 3 aliphatic carbocycles. The van der Waals surface area contributed by atoms with E-state index in [1.807, 2.05) is 12.1 Å². The quantitative estimate of drug-likeness (QED) is 0.741. The van der Waals surface area contributed by atoms with Crippen molar-refractivity contribution in [3.63, 3.8) is 0 Å². The predicted octanol–water partition coefficient (Wildman–Crippen LogP) is 1.72. The first-order chi connectivity index (χ1) is 12.2. The molecular weight excluding hydrogens is 354 g/mol. The molecule has 0 bridgehead atoms. The van der Waals surface area contributed by atoms with E-state index in [1.54, 1.807) is 6.07 Å². The summed E-state index contributed by atoms with van der Waals surface area (Å²) in [5, 5.41) is 20.7. The van der Waals surface area contributed by atoms with Crippen molar-refractivity contribution in [2.45, 2.75) is 57.2 Å². The minimum Gasteiger partial charge on any atom is -0.390 e. The molecule has 2 fully saturated rings. The van der Waals surface area contributed by atoms with Crippen molar-refractivity contribution in [2.24, 2.45) is 17.3 Å². The molecule has 4 rings (SSSR count). The minimum atomic E-state index is -3.76. The molecule has 1 aromatic carbocycles. The van der Waals surface area contributed by atoms with Crippen LogP contribution in [0.3, 0.4) is 0 Å². The molecule has 3 aliphatic rings. The molecule has 6 nitrogen and oxygen atoms in total. The summed E-state index contributed by atoms with van der Waals surface area (Å²) < 4.78 is 30.4. The number of aliphatic hydroxyl groups excluding tert-OH is 2. The van der Waals surface area contributed by atoms with Gasteiger partial charge >= 0.3 is 10.3 Å². The maximum Gasteiger partial charge on any atom is 0.382 e. The number of aryl methyl sites for hydroxylation is 1. The van der Waals surface area contributed by atoms with E-state index in [-0.39, 0.29) is 5.41 Å². The second-order valence-electron chi connectivity index (χ2n) is 8.31. The fourth-order valence-electron chi connectivity index (χ4n) is 5.77. The zero-order valence-corrected chi connectivity index (χ0v) is 16.0. The highest BCUT2D eigenvalue weighted by Crippen LogP contribution is 2.60. The summed E-state index contributed by atoms with van der Waals surface area (Å²) in [6.45, 7) is 2.13. The number of hydrogen-bond acceptors (Lipinski definition) is 5. The lowest BCUT2D eigenvalue weighted by Gasteiger charge is -2.49. The molecular formula is C19H27NO5S. The van der Waals surface area contributed by atoms with E-state index in [9.17, 15) is 18.6 Å². The zero-order chi connectivity index (χ0) is 18.7. The third-order valence-corrected chi connectivity index (χ3v) is 8.04. The Morgan fingerprint density at radius 2 is 2.04 bits per heavy atom. The van der Waals surface area contributed by atoms with E-state index < -0.39 is 22.5 Å². The molecule has 7 heteroatoms. The van der Waals surface area contributed by atoms with Crippen LogP contribution in [0.5, 0.6) is 5.75 Å². The molecule has 2 saturated carbocycles. The zero-order valence-electron chi connectivity index (χ0n) is 15.2. The largest absolute Gasteiger partial charge is 0.390 e. The number of nitrogens with one attached hydrogen (secondary N) is 1. The summed E-state index contributed by atoms with van der Waals surface area (Å²) in [6, 6.07) is 5.56. The lowest BCUT2D eigenvalue weighted by Crippen LogP contribution is -2.44. The Morgan fingerprint density at radius 1 is 1.27 bits per heavy atom. The van der Waals surface area contributed by atoms with Crippen molar-refractivity contribution < 1.29 is 22.8 Å². The summed E-state index contributed by atoms with van der Waals surface area (Å²) in [5.41, 5.74) is 2.23. The Labute approximate surface area is 154 Å². The van der Waals surface area contributed by atoms with Crippen molar-refractivity contribution >= 4 is 10.3 Å². The third-order valence-electron chi connectivity index (χ3n) is 7.13. The molecule has 0 aromatic heterocycles. The number of rotatable bonds is 3. The average molecular weight is 381 g/mol. The molecule has 0 radical (unpaired) electrons. The van der Waals surface area contributed by atoms with Crippen molar-refractivity contribution in [1.29, 1.82) is 0 Å². The summed E-state index contributed by atoms with van der Waals surface area (Å²) in [6.07, 6.45) is 3.19. The molecule has 3 N–H and O–H groups in total. The van der Waals surface area contributed by atoms with Crippen LogP contribution in [0.4, 0.5) is 0 Å². The molecule has 1 aromatic rings. The van der Waals surface area contributed by atoms with E-state index in [2.05, 4.69) is 11.6 Å². The monoisotopic (exact) mass is 381 g/mol. The summed E-state index contributed by atoms with van der Waals surface area (Å²) in [4.78, 5) is 0. The smallest absolute Gasteiger partial charge is 0.382 e. The molecule has 0 unspecified atom stereocenters. The summed E-state index contributed by atoms with van der Waals surface area (Å²) >= 11 is 0. The standard InChI is InChI=1S/C19H27NO5S/c1-19-8-7-14-13-6-4-12(25-26(23,24)20-2)9-11(13)3-5-15(14)16(19)10-17(21)18(19)22/h4,6,9,14-18,20-22H,3,5,7-8,10H2,1-2H3/t14-,15-,16+,17-,18+,19+/m1/s1. The van der Waals surface area contributed by atoms with Gasteiger partial charge in [0.15, 0.2) is 0 Å². The van der Waals surface area contributed by atoms with Gasteiger partial charge in [-0.25, -0.2) is 0 Å². The third kappa shape index (κ3) is 2.76. The highest BCUT2D eigenvalue weighted by molar-refractivity contribution is 7.85. The van der Waals surface area contributed by atoms with Crippen LogP contribution in [0.15, 0.2) is 18.2 Å². The van der Waals surface area contributed by atoms with Gasteiger partial charge in [-0.3, -0.25) is 0 Å². The number of fused-ring (bicyclic) bond motifs is 5. The van der Waals surface area contributed by atoms with Gasteiger partial charge in [-0.15, -0.1) is 0 Å². The van der Waals surface area contributed by atoms with E-state index in [0.29, 0.717) is 29.9 Å². The Bertz CT molecular complexity index is 810. The molecule has 0 spiro atoms. The highest BCUT2D eigenvalue weighted by atomic mass is 32.2. The molecule has 6 atom stereocenters. The number of hydrogen-bond donors (Lipinski definition) is 3. The van der Waals surface area contributed by atoms with Crippen molar-refractivity contribution in [3.8, 4) is 5.75 Å². The summed E-state index contributed by atoms with van der Waals surface area (Å²) in [5.74, 6) is 1.54. The lowest BCUT2D eigenvalue weighted by atomic mass is 9.55. The Morgan fingerprint density at radius 3 is 2.77 bits per heavy atom. The normalized spacial score (nSPS) is 39.0.